The largest absolute Gasteiger partial charge is 0.460 e. The van der Waals surface area contributed by atoms with Crippen LogP contribution < -0.4 is 4.90 Å². The zero-order chi connectivity index (χ0) is 13.0. The highest BCUT2D eigenvalue weighted by Crippen LogP contribution is 2.24. The lowest BCUT2D eigenvalue weighted by Gasteiger charge is -2.19. The van der Waals surface area contributed by atoms with Crippen molar-refractivity contribution < 1.29 is 14.3 Å². The van der Waals surface area contributed by atoms with E-state index in [1.807, 2.05) is 18.2 Å². The molecular formula is C13H15N3O2. The summed E-state index contributed by atoms with van der Waals surface area (Å²) in [6.07, 6.45) is 2.27. The van der Waals surface area contributed by atoms with Crippen molar-refractivity contribution in [1.82, 2.24) is 0 Å². The second-order valence-corrected chi connectivity index (χ2v) is 4.15. The zero-order valence-corrected chi connectivity index (χ0v) is 10.3. The molecule has 1 aliphatic rings. The number of carbonyl (C=O) groups is 1. The highest BCUT2D eigenvalue weighted by atomic mass is 16.5. The van der Waals surface area contributed by atoms with Gasteiger partial charge in [0.15, 0.2) is 0 Å². The van der Waals surface area contributed by atoms with E-state index in [4.69, 9.17) is 5.53 Å². The number of hydrogen-bond donors (Lipinski definition) is 0. The summed E-state index contributed by atoms with van der Waals surface area (Å²) in [5, 5.41) is 0. The van der Waals surface area contributed by atoms with Gasteiger partial charge in [-0.3, -0.25) is 0 Å². The van der Waals surface area contributed by atoms with Gasteiger partial charge in [0.25, 0.3) is 0 Å². The van der Waals surface area contributed by atoms with Crippen LogP contribution in [0.3, 0.4) is 0 Å². The molecule has 0 amide bonds. The van der Waals surface area contributed by atoms with E-state index in [2.05, 4.69) is 14.4 Å². The monoisotopic (exact) mass is 245 g/mol. The van der Waals surface area contributed by atoms with Gasteiger partial charge in [-0.25, -0.2) is 4.79 Å². The average molecular weight is 245 g/mol. The predicted octanol–water partition coefficient (Wildman–Crippen LogP) is 1.48. The molecule has 5 nitrogen and oxygen atoms in total. The van der Waals surface area contributed by atoms with E-state index in [0.29, 0.717) is 5.56 Å². The van der Waals surface area contributed by atoms with Gasteiger partial charge in [-0.1, -0.05) is 12.1 Å². The normalized spacial score (nSPS) is 14.2. The van der Waals surface area contributed by atoms with Gasteiger partial charge >= 0.3 is 11.7 Å². The zero-order valence-electron chi connectivity index (χ0n) is 10.3. The molecule has 2 rings (SSSR count). The lowest BCUT2D eigenvalue weighted by Crippen LogP contribution is -2.24. The second-order valence-electron chi connectivity index (χ2n) is 4.15. The van der Waals surface area contributed by atoms with Crippen LogP contribution in [0.1, 0.15) is 18.4 Å². The van der Waals surface area contributed by atoms with Crippen molar-refractivity contribution in [2.75, 3.05) is 25.1 Å². The van der Waals surface area contributed by atoms with Crippen molar-refractivity contribution in [1.29, 1.82) is 0 Å². The SMILES string of the molecule is COC(=O)C(=[N+]=[N-])c1ccccc1N1CCCC1. The van der Waals surface area contributed by atoms with Crippen LogP contribution in [-0.2, 0) is 9.53 Å². The van der Waals surface area contributed by atoms with E-state index in [1.165, 1.54) is 7.11 Å². The van der Waals surface area contributed by atoms with Gasteiger partial charge < -0.3 is 15.2 Å². The molecule has 0 atom stereocenters. The standard InChI is InChI=1S/C13H15N3O2/c1-18-13(17)12(15-14)10-6-2-3-7-11(10)16-8-4-5-9-16/h2-3,6-7H,4-5,8-9H2,1H3. The van der Waals surface area contributed by atoms with Crippen LogP contribution in [0.5, 0.6) is 0 Å². The summed E-state index contributed by atoms with van der Waals surface area (Å²) < 4.78 is 4.63. The van der Waals surface area contributed by atoms with E-state index >= 15 is 0 Å². The average Bonchev–Trinajstić information content (AvgIpc) is 2.94. The Labute approximate surface area is 106 Å². The number of rotatable bonds is 3. The minimum Gasteiger partial charge on any atom is -0.460 e. The third kappa shape index (κ3) is 2.26. The van der Waals surface area contributed by atoms with Gasteiger partial charge in [0.05, 0.1) is 18.4 Å². The summed E-state index contributed by atoms with van der Waals surface area (Å²) >= 11 is 0. The number of anilines is 1. The quantitative estimate of drug-likeness (QED) is 0.350. The number of nitrogens with zero attached hydrogens (tertiary/aromatic N) is 3. The van der Waals surface area contributed by atoms with Gasteiger partial charge in [-0.05, 0) is 25.0 Å². The maximum atomic E-state index is 11.6. The number of para-hydroxylation sites is 1. The Balaban J connectivity index is 2.43. The fourth-order valence-electron chi connectivity index (χ4n) is 2.21. The molecule has 94 valence electrons. The number of carbonyl (C=O) groups excluding carboxylic acids is 1. The molecule has 0 aromatic heterocycles. The first-order valence-corrected chi connectivity index (χ1v) is 5.92. The van der Waals surface area contributed by atoms with Crippen LogP contribution in [-0.4, -0.2) is 36.7 Å². The van der Waals surface area contributed by atoms with Crippen molar-refractivity contribution in [3.63, 3.8) is 0 Å². The molecule has 0 spiro atoms. The molecule has 5 heteroatoms. The van der Waals surface area contributed by atoms with Crippen LogP contribution in [0.4, 0.5) is 5.69 Å². The molecule has 0 N–H and O–H groups in total. The first-order valence-electron chi connectivity index (χ1n) is 5.92. The van der Waals surface area contributed by atoms with Crippen LogP contribution in [0.15, 0.2) is 24.3 Å². The number of hydrogen-bond acceptors (Lipinski definition) is 3. The summed E-state index contributed by atoms with van der Waals surface area (Å²) in [6, 6.07) is 7.40. The van der Waals surface area contributed by atoms with E-state index in [0.717, 1.165) is 31.6 Å². The first kappa shape index (κ1) is 12.3. The molecule has 1 heterocycles. The predicted molar refractivity (Wildman–Crippen MR) is 67.6 cm³/mol. The van der Waals surface area contributed by atoms with Gasteiger partial charge in [0.1, 0.15) is 0 Å². The van der Waals surface area contributed by atoms with Crippen molar-refractivity contribution >= 4 is 17.4 Å². The third-order valence-electron chi connectivity index (χ3n) is 3.08. The van der Waals surface area contributed by atoms with Crippen molar-refractivity contribution in [2.45, 2.75) is 12.8 Å². The molecule has 1 aromatic rings. The Bertz CT molecular complexity index is 501. The van der Waals surface area contributed by atoms with Gasteiger partial charge in [0.2, 0.25) is 0 Å². The summed E-state index contributed by atoms with van der Waals surface area (Å²) in [5.41, 5.74) is 10.5. The Morgan fingerprint density at radius 1 is 1.33 bits per heavy atom. The highest BCUT2D eigenvalue weighted by Gasteiger charge is 2.28. The highest BCUT2D eigenvalue weighted by molar-refractivity contribution is 6.42. The molecule has 18 heavy (non-hydrogen) atoms. The Morgan fingerprint density at radius 2 is 2.00 bits per heavy atom. The molecule has 1 fully saturated rings. The third-order valence-corrected chi connectivity index (χ3v) is 3.08. The number of esters is 1. The minimum absolute atomic E-state index is 0.0556. The van der Waals surface area contributed by atoms with E-state index in [1.54, 1.807) is 6.07 Å². The lowest BCUT2D eigenvalue weighted by molar-refractivity contribution is -0.137. The fourth-order valence-corrected chi connectivity index (χ4v) is 2.21. The molecule has 0 aliphatic carbocycles. The molecule has 1 saturated heterocycles. The number of ether oxygens (including phenoxy) is 1. The van der Waals surface area contributed by atoms with Crippen molar-refractivity contribution in [3.05, 3.63) is 35.4 Å². The van der Waals surface area contributed by atoms with E-state index in [-0.39, 0.29) is 5.71 Å². The minimum atomic E-state index is -0.635. The Kier molecular flexibility index (Phi) is 3.75. The van der Waals surface area contributed by atoms with Gasteiger partial charge in [-0.15, -0.1) is 0 Å². The number of methoxy groups -OCH3 is 1. The van der Waals surface area contributed by atoms with E-state index < -0.39 is 5.97 Å². The molecular weight excluding hydrogens is 230 g/mol. The summed E-state index contributed by atoms with van der Waals surface area (Å²) in [5.74, 6) is -0.635. The molecule has 0 bridgehead atoms. The van der Waals surface area contributed by atoms with Crippen molar-refractivity contribution in [3.8, 4) is 0 Å². The molecule has 0 saturated carbocycles. The molecule has 0 radical (unpaired) electrons. The fraction of sp³-hybridized carbons (Fsp3) is 0.385. The van der Waals surface area contributed by atoms with Crippen LogP contribution >= 0.6 is 0 Å². The summed E-state index contributed by atoms with van der Waals surface area (Å²) in [6.45, 7) is 1.91. The molecule has 1 aromatic carbocycles. The van der Waals surface area contributed by atoms with Crippen LogP contribution in [0, 0.1) is 0 Å². The Hall–Kier alpha value is -2.13. The van der Waals surface area contributed by atoms with Crippen molar-refractivity contribution in [2.24, 2.45) is 0 Å². The van der Waals surface area contributed by atoms with Gasteiger partial charge in [0, 0.05) is 13.1 Å². The first-order chi connectivity index (χ1) is 8.77. The van der Waals surface area contributed by atoms with E-state index in [9.17, 15) is 4.79 Å². The maximum Gasteiger partial charge on any atom is 0.422 e. The number of benzene rings is 1. The molecule has 0 unspecified atom stereocenters. The lowest BCUT2D eigenvalue weighted by atomic mass is 10.1. The summed E-state index contributed by atoms with van der Waals surface area (Å²) in [7, 11) is 1.27. The van der Waals surface area contributed by atoms with Gasteiger partial charge in [-0.2, -0.15) is 4.79 Å². The van der Waals surface area contributed by atoms with Crippen LogP contribution in [0.25, 0.3) is 5.53 Å². The molecule has 1 aliphatic heterocycles. The Morgan fingerprint density at radius 3 is 2.61 bits per heavy atom. The summed E-state index contributed by atoms with van der Waals surface area (Å²) in [4.78, 5) is 16.8. The smallest absolute Gasteiger partial charge is 0.422 e. The maximum absolute atomic E-state index is 11.6. The second kappa shape index (κ2) is 5.47. The van der Waals surface area contributed by atoms with Crippen LogP contribution in [0.2, 0.25) is 0 Å². The topological polar surface area (TPSA) is 65.9 Å².